The molecule has 1 heterocycles. The molecule has 19 heavy (non-hydrogen) atoms. The number of rotatable bonds is 3. The van der Waals surface area contributed by atoms with Gasteiger partial charge in [0.1, 0.15) is 0 Å². The van der Waals surface area contributed by atoms with Crippen LogP contribution in [0.25, 0.3) is 0 Å². The number of nitrogens with one attached hydrogen (secondary N) is 2. The summed E-state index contributed by atoms with van der Waals surface area (Å²) >= 11 is 0. The lowest BCUT2D eigenvalue weighted by molar-refractivity contribution is -0.124. The highest BCUT2D eigenvalue weighted by Crippen LogP contribution is 2.24. The quantitative estimate of drug-likeness (QED) is 0.894. The number of carbonyl (C=O) groups is 1. The van der Waals surface area contributed by atoms with Gasteiger partial charge >= 0.3 is 0 Å². The normalized spacial score (nSPS) is 14.3. The minimum atomic E-state index is -0.311. The smallest absolute Gasteiger partial charge is 0.230 e. The molecule has 0 spiro atoms. The van der Waals surface area contributed by atoms with Crippen molar-refractivity contribution in [2.45, 2.75) is 40.2 Å². The Labute approximate surface area is 121 Å². The lowest BCUT2D eigenvalue weighted by atomic mass is 9.89. The largest absolute Gasteiger partial charge is 0.326 e. The maximum Gasteiger partial charge on any atom is 0.230 e. The zero-order chi connectivity index (χ0) is 13.2. The number of hydrogen-bond acceptors (Lipinski definition) is 2. The van der Waals surface area contributed by atoms with Gasteiger partial charge in [-0.1, -0.05) is 26.8 Å². The minimum Gasteiger partial charge on any atom is -0.326 e. The van der Waals surface area contributed by atoms with Crippen molar-refractivity contribution >= 4 is 24.0 Å². The zero-order valence-corrected chi connectivity index (χ0v) is 12.7. The van der Waals surface area contributed by atoms with Gasteiger partial charge in [-0.15, -0.1) is 12.4 Å². The van der Waals surface area contributed by atoms with Gasteiger partial charge < -0.3 is 10.6 Å². The number of fused-ring (bicyclic) bond motifs is 1. The van der Waals surface area contributed by atoms with E-state index in [2.05, 4.69) is 22.8 Å². The Balaban J connectivity index is 0.00000180. The topological polar surface area (TPSA) is 41.1 Å². The van der Waals surface area contributed by atoms with Gasteiger partial charge in [0.2, 0.25) is 5.91 Å². The van der Waals surface area contributed by atoms with Crippen LogP contribution in [0.5, 0.6) is 0 Å². The maximum atomic E-state index is 12.1. The molecule has 2 rings (SSSR count). The molecule has 0 aromatic heterocycles. The first-order chi connectivity index (χ1) is 8.53. The van der Waals surface area contributed by atoms with Crippen LogP contribution in [-0.4, -0.2) is 12.5 Å². The second-order valence-corrected chi connectivity index (χ2v) is 5.60. The summed E-state index contributed by atoms with van der Waals surface area (Å²) in [5.74, 6) is 0.0914. The molecule has 0 saturated heterocycles. The van der Waals surface area contributed by atoms with Crippen molar-refractivity contribution in [3.8, 4) is 0 Å². The van der Waals surface area contributed by atoms with Crippen molar-refractivity contribution in [2.24, 2.45) is 5.41 Å². The molecule has 0 fully saturated rings. The minimum absolute atomic E-state index is 0. The van der Waals surface area contributed by atoms with E-state index in [1.165, 1.54) is 11.1 Å². The van der Waals surface area contributed by atoms with Crippen molar-refractivity contribution in [1.29, 1.82) is 0 Å². The van der Waals surface area contributed by atoms with Crippen LogP contribution < -0.4 is 10.6 Å². The van der Waals surface area contributed by atoms with Crippen LogP contribution in [0.1, 0.15) is 38.3 Å². The molecule has 0 radical (unpaired) electrons. The first-order valence-corrected chi connectivity index (χ1v) is 6.67. The molecule has 0 atom stereocenters. The summed E-state index contributed by atoms with van der Waals surface area (Å²) in [6.07, 6.45) is 1.91. The third-order valence-electron chi connectivity index (χ3n) is 3.85. The third-order valence-corrected chi connectivity index (χ3v) is 3.85. The number of amides is 1. The number of hydrogen-bond donors (Lipinski definition) is 2. The molecule has 0 unspecified atom stereocenters. The van der Waals surface area contributed by atoms with Crippen LogP contribution in [0, 0.1) is 5.41 Å². The SMILES string of the molecule is CCC(C)(C)C(=O)Nc1ccc2c(c1)CNCC2.Cl. The summed E-state index contributed by atoms with van der Waals surface area (Å²) in [6, 6.07) is 6.23. The van der Waals surface area contributed by atoms with E-state index in [9.17, 15) is 4.79 Å². The Kier molecular flexibility index (Phi) is 5.39. The van der Waals surface area contributed by atoms with E-state index in [1.54, 1.807) is 0 Å². The van der Waals surface area contributed by atoms with Gasteiger partial charge in [-0.3, -0.25) is 4.79 Å². The van der Waals surface area contributed by atoms with Gasteiger partial charge in [-0.2, -0.15) is 0 Å². The summed E-state index contributed by atoms with van der Waals surface area (Å²) < 4.78 is 0. The highest BCUT2D eigenvalue weighted by atomic mass is 35.5. The Bertz CT molecular complexity index is 457. The molecule has 106 valence electrons. The summed E-state index contributed by atoms with van der Waals surface area (Å²) in [6.45, 7) is 7.93. The van der Waals surface area contributed by atoms with Crippen molar-refractivity contribution in [2.75, 3.05) is 11.9 Å². The second-order valence-electron chi connectivity index (χ2n) is 5.60. The lowest BCUT2D eigenvalue weighted by Crippen LogP contribution is -2.30. The molecule has 1 aliphatic rings. The Morgan fingerprint density at radius 1 is 1.37 bits per heavy atom. The molecule has 0 bridgehead atoms. The number of benzene rings is 1. The van der Waals surface area contributed by atoms with Crippen molar-refractivity contribution in [3.63, 3.8) is 0 Å². The van der Waals surface area contributed by atoms with Crippen LogP contribution in [0.4, 0.5) is 5.69 Å². The summed E-state index contributed by atoms with van der Waals surface area (Å²) in [7, 11) is 0. The van der Waals surface area contributed by atoms with Crippen LogP contribution in [0.15, 0.2) is 18.2 Å². The maximum absolute atomic E-state index is 12.1. The molecule has 1 aromatic rings. The van der Waals surface area contributed by atoms with Crippen LogP contribution >= 0.6 is 12.4 Å². The Hall–Kier alpha value is -1.06. The molecular weight excluding hydrogens is 260 g/mol. The fourth-order valence-corrected chi connectivity index (χ4v) is 2.02. The molecule has 1 amide bonds. The fourth-order valence-electron chi connectivity index (χ4n) is 2.02. The van der Waals surface area contributed by atoms with E-state index in [1.807, 2.05) is 26.8 Å². The van der Waals surface area contributed by atoms with E-state index < -0.39 is 0 Å². The first-order valence-electron chi connectivity index (χ1n) is 6.67. The molecule has 4 heteroatoms. The molecule has 2 N–H and O–H groups in total. The Morgan fingerprint density at radius 2 is 2.11 bits per heavy atom. The van der Waals surface area contributed by atoms with Crippen molar-refractivity contribution < 1.29 is 4.79 Å². The van der Waals surface area contributed by atoms with E-state index in [0.29, 0.717) is 0 Å². The number of halogens is 1. The van der Waals surface area contributed by atoms with Gasteiger partial charge in [0.15, 0.2) is 0 Å². The monoisotopic (exact) mass is 282 g/mol. The molecule has 1 aliphatic heterocycles. The highest BCUT2D eigenvalue weighted by Gasteiger charge is 2.25. The van der Waals surface area contributed by atoms with Crippen LogP contribution in [-0.2, 0) is 17.8 Å². The summed E-state index contributed by atoms with van der Waals surface area (Å²) in [4.78, 5) is 12.1. The first kappa shape index (κ1) is 16.0. The third kappa shape index (κ3) is 3.71. The highest BCUT2D eigenvalue weighted by molar-refractivity contribution is 5.94. The van der Waals surface area contributed by atoms with E-state index >= 15 is 0 Å². The van der Waals surface area contributed by atoms with Gasteiger partial charge in [-0.05, 0) is 42.6 Å². The van der Waals surface area contributed by atoms with Crippen LogP contribution in [0.3, 0.4) is 0 Å². The average molecular weight is 283 g/mol. The van der Waals surface area contributed by atoms with E-state index in [4.69, 9.17) is 0 Å². The van der Waals surface area contributed by atoms with E-state index in [0.717, 1.165) is 31.6 Å². The summed E-state index contributed by atoms with van der Waals surface area (Å²) in [5, 5.41) is 6.37. The standard InChI is InChI=1S/C15H22N2O.ClH/c1-4-15(2,3)14(18)17-13-6-5-11-7-8-16-10-12(11)9-13;/h5-6,9,16H,4,7-8,10H2,1-3H3,(H,17,18);1H. The molecule has 0 saturated carbocycles. The molecule has 3 nitrogen and oxygen atoms in total. The molecular formula is C15H23ClN2O. The number of anilines is 1. The predicted molar refractivity (Wildman–Crippen MR) is 81.8 cm³/mol. The van der Waals surface area contributed by atoms with Crippen LogP contribution in [0.2, 0.25) is 0 Å². The van der Waals surface area contributed by atoms with Gasteiger partial charge in [0.25, 0.3) is 0 Å². The fraction of sp³-hybridized carbons (Fsp3) is 0.533. The van der Waals surface area contributed by atoms with Crippen molar-refractivity contribution in [3.05, 3.63) is 29.3 Å². The Morgan fingerprint density at radius 3 is 2.79 bits per heavy atom. The van der Waals surface area contributed by atoms with Gasteiger partial charge in [-0.25, -0.2) is 0 Å². The van der Waals surface area contributed by atoms with Gasteiger partial charge in [0.05, 0.1) is 0 Å². The van der Waals surface area contributed by atoms with Crippen molar-refractivity contribution in [1.82, 2.24) is 5.32 Å². The predicted octanol–water partition coefficient (Wildman–Crippen LogP) is 3.13. The molecule has 0 aliphatic carbocycles. The second kappa shape index (κ2) is 6.40. The summed E-state index contributed by atoms with van der Waals surface area (Å²) in [5.41, 5.74) is 3.28. The van der Waals surface area contributed by atoms with E-state index in [-0.39, 0.29) is 23.7 Å². The average Bonchev–Trinajstić information content (AvgIpc) is 2.38. The molecule has 1 aromatic carbocycles. The lowest BCUT2D eigenvalue weighted by Gasteiger charge is -2.23. The zero-order valence-electron chi connectivity index (χ0n) is 11.9. The van der Waals surface area contributed by atoms with Gasteiger partial charge in [0, 0.05) is 17.6 Å². The number of carbonyl (C=O) groups excluding carboxylic acids is 1.